The topological polar surface area (TPSA) is 43.4 Å². The number of carbonyl (C=O) groups excluding carboxylic acids is 2. The molecule has 1 saturated carbocycles. The fraction of sp³-hybridized carbons (Fsp3) is 0.667. The molecule has 1 aliphatic carbocycles. The average molecular weight is 210 g/mol. The highest BCUT2D eigenvalue weighted by Crippen LogP contribution is 2.33. The second-order valence-corrected chi connectivity index (χ2v) is 3.95. The van der Waals surface area contributed by atoms with E-state index in [1.165, 1.54) is 6.92 Å². The lowest BCUT2D eigenvalue weighted by atomic mass is 9.96. The monoisotopic (exact) mass is 210 g/mol. The van der Waals surface area contributed by atoms with Gasteiger partial charge in [-0.2, -0.15) is 0 Å². The third-order valence-electron chi connectivity index (χ3n) is 2.68. The zero-order chi connectivity index (χ0) is 11.3. The molecule has 1 unspecified atom stereocenters. The van der Waals surface area contributed by atoms with Crippen LogP contribution in [-0.2, 0) is 14.3 Å². The van der Waals surface area contributed by atoms with E-state index in [-0.39, 0.29) is 11.8 Å². The van der Waals surface area contributed by atoms with Crippen LogP contribution in [0.25, 0.3) is 0 Å². The maximum absolute atomic E-state index is 11.7. The van der Waals surface area contributed by atoms with E-state index in [9.17, 15) is 9.59 Å². The number of ether oxygens (including phenoxy) is 1. The van der Waals surface area contributed by atoms with Crippen LogP contribution in [0.15, 0.2) is 12.2 Å². The molecule has 0 aromatic rings. The van der Waals surface area contributed by atoms with E-state index in [0.29, 0.717) is 19.3 Å². The van der Waals surface area contributed by atoms with E-state index in [1.54, 1.807) is 0 Å². The Bertz CT molecular complexity index is 281. The number of ketones is 1. The van der Waals surface area contributed by atoms with E-state index >= 15 is 0 Å². The summed E-state index contributed by atoms with van der Waals surface area (Å²) in [4.78, 5) is 22.7. The highest BCUT2D eigenvalue weighted by Gasteiger charge is 2.43. The lowest BCUT2D eigenvalue weighted by Gasteiger charge is -2.25. The largest absolute Gasteiger partial charge is 0.451 e. The van der Waals surface area contributed by atoms with Gasteiger partial charge in [0.15, 0.2) is 11.4 Å². The lowest BCUT2D eigenvalue weighted by Crippen LogP contribution is -2.38. The molecule has 15 heavy (non-hydrogen) atoms. The molecule has 3 nitrogen and oxygen atoms in total. The van der Waals surface area contributed by atoms with Gasteiger partial charge in [0.2, 0.25) is 0 Å². The van der Waals surface area contributed by atoms with Crippen molar-refractivity contribution in [2.24, 2.45) is 0 Å². The Labute approximate surface area is 90.5 Å². The van der Waals surface area contributed by atoms with Gasteiger partial charge in [-0.25, -0.2) is 0 Å². The van der Waals surface area contributed by atoms with E-state index in [2.05, 4.69) is 0 Å². The molecule has 0 aliphatic heterocycles. The molecule has 3 heteroatoms. The molecule has 1 aliphatic rings. The highest BCUT2D eigenvalue weighted by atomic mass is 16.6. The number of hydrogen-bond donors (Lipinski definition) is 0. The Morgan fingerprint density at radius 2 is 2.27 bits per heavy atom. The van der Waals surface area contributed by atoms with Crippen LogP contribution in [0.1, 0.15) is 46.0 Å². The van der Waals surface area contributed by atoms with Gasteiger partial charge in [-0.05, 0) is 19.3 Å². The number of Topliss-reactive ketones (excluding diaryl/α,β-unsaturated/α-hetero) is 1. The summed E-state index contributed by atoms with van der Waals surface area (Å²) >= 11 is 0. The van der Waals surface area contributed by atoms with Crippen molar-refractivity contribution in [3.8, 4) is 0 Å². The molecular formula is C12H18O3. The molecule has 0 heterocycles. The number of carbonyl (C=O) groups is 2. The Kier molecular flexibility index (Phi) is 4.06. The van der Waals surface area contributed by atoms with Gasteiger partial charge in [0, 0.05) is 19.8 Å². The van der Waals surface area contributed by atoms with E-state index in [1.807, 2.05) is 19.1 Å². The summed E-state index contributed by atoms with van der Waals surface area (Å²) in [6, 6.07) is 0. The molecule has 0 N–H and O–H groups in total. The number of esters is 1. The summed E-state index contributed by atoms with van der Waals surface area (Å²) in [7, 11) is 0. The van der Waals surface area contributed by atoms with Gasteiger partial charge in [0.1, 0.15) is 0 Å². The van der Waals surface area contributed by atoms with Crippen LogP contribution >= 0.6 is 0 Å². The Morgan fingerprint density at radius 1 is 1.53 bits per heavy atom. The molecule has 1 rings (SSSR count). The minimum Gasteiger partial charge on any atom is -0.451 e. The maximum Gasteiger partial charge on any atom is 0.303 e. The first-order valence-corrected chi connectivity index (χ1v) is 5.48. The van der Waals surface area contributed by atoms with Gasteiger partial charge in [0.25, 0.3) is 0 Å². The third-order valence-corrected chi connectivity index (χ3v) is 2.68. The van der Waals surface area contributed by atoms with Gasteiger partial charge in [0.05, 0.1) is 0 Å². The van der Waals surface area contributed by atoms with Crippen molar-refractivity contribution in [2.45, 2.75) is 51.6 Å². The zero-order valence-corrected chi connectivity index (χ0v) is 9.41. The van der Waals surface area contributed by atoms with Crippen molar-refractivity contribution in [2.75, 3.05) is 0 Å². The third kappa shape index (κ3) is 2.91. The molecule has 0 spiro atoms. The second-order valence-electron chi connectivity index (χ2n) is 3.95. The van der Waals surface area contributed by atoms with E-state index in [0.717, 1.165) is 12.8 Å². The molecule has 0 saturated heterocycles. The first-order chi connectivity index (χ1) is 7.10. The molecule has 1 fully saturated rings. The first-order valence-electron chi connectivity index (χ1n) is 5.48. The van der Waals surface area contributed by atoms with Gasteiger partial charge in [-0.1, -0.05) is 19.1 Å². The average Bonchev–Trinajstić information content (AvgIpc) is 2.48. The number of rotatable bonds is 4. The predicted octanol–water partition coefficient (Wildman–Crippen LogP) is 2.40. The standard InChI is InChI=1S/C12H18O3/c1-3-4-5-8-12(15-10(2)13)9-6-7-11(12)14/h4-5H,3,6-9H2,1-2H3/b5-4-. The van der Waals surface area contributed by atoms with Crippen LogP contribution < -0.4 is 0 Å². The molecule has 1 atom stereocenters. The normalized spacial score (nSPS) is 26.1. The van der Waals surface area contributed by atoms with Crippen molar-refractivity contribution in [1.29, 1.82) is 0 Å². The number of hydrogen-bond acceptors (Lipinski definition) is 3. The summed E-state index contributed by atoms with van der Waals surface area (Å²) in [6.07, 6.45) is 7.42. The smallest absolute Gasteiger partial charge is 0.303 e. The van der Waals surface area contributed by atoms with Crippen molar-refractivity contribution >= 4 is 11.8 Å². The summed E-state index contributed by atoms with van der Waals surface area (Å²) in [5, 5.41) is 0. The van der Waals surface area contributed by atoms with E-state index < -0.39 is 5.60 Å². The summed E-state index contributed by atoms with van der Waals surface area (Å²) in [6.45, 7) is 3.39. The minimum atomic E-state index is -0.850. The van der Waals surface area contributed by atoms with Crippen LogP contribution in [-0.4, -0.2) is 17.4 Å². The Morgan fingerprint density at radius 3 is 2.73 bits per heavy atom. The van der Waals surface area contributed by atoms with Crippen molar-refractivity contribution in [3.05, 3.63) is 12.2 Å². The predicted molar refractivity (Wildman–Crippen MR) is 57.4 cm³/mol. The highest BCUT2D eigenvalue weighted by molar-refractivity contribution is 5.91. The van der Waals surface area contributed by atoms with Crippen LogP contribution in [0.4, 0.5) is 0 Å². The minimum absolute atomic E-state index is 0.0680. The van der Waals surface area contributed by atoms with Crippen molar-refractivity contribution in [3.63, 3.8) is 0 Å². The summed E-state index contributed by atoms with van der Waals surface area (Å²) in [5.41, 5.74) is -0.850. The quantitative estimate of drug-likeness (QED) is 0.528. The first kappa shape index (κ1) is 12.0. The molecule has 84 valence electrons. The van der Waals surface area contributed by atoms with Gasteiger partial charge < -0.3 is 4.74 Å². The fourth-order valence-corrected chi connectivity index (χ4v) is 1.98. The van der Waals surface area contributed by atoms with Crippen LogP contribution in [0.2, 0.25) is 0 Å². The fourth-order valence-electron chi connectivity index (χ4n) is 1.98. The maximum atomic E-state index is 11.7. The van der Waals surface area contributed by atoms with Crippen molar-refractivity contribution < 1.29 is 14.3 Å². The molecular weight excluding hydrogens is 192 g/mol. The van der Waals surface area contributed by atoms with Gasteiger partial charge in [-0.3, -0.25) is 9.59 Å². The van der Waals surface area contributed by atoms with Crippen LogP contribution in [0.5, 0.6) is 0 Å². The Balaban J connectivity index is 2.72. The molecule has 0 radical (unpaired) electrons. The zero-order valence-electron chi connectivity index (χ0n) is 9.41. The molecule has 0 aromatic carbocycles. The molecule has 0 bridgehead atoms. The SMILES string of the molecule is CC/C=C\CC1(OC(C)=O)CCCC1=O. The summed E-state index contributed by atoms with van der Waals surface area (Å²) < 4.78 is 5.22. The molecule has 0 amide bonds. The lowest BCUT2D eigenvalue weighted by molar-refractivity contribution is -0.163. The second kappa shape index (κ2) is 5.10. The van der Waals surface area contributed by atoms with Crippen LogP contribution in [0, 0.1) is 0 Å². The van der Waals surface area contributed by atoms with Gasteiger partial charge in [-0.15, -0.1) is 0 Å². The van der Waals surface area contributed by atoms with E-state index in [4.69, 9.17) is 4.74 Å². The van der Waals surface area contributed by atoms with Gasteiger partial charge >= 0.3 is 5.97 Å². The van der Waals surface area contributed by atoms with Crippen molar-refractivity contribution in [1.82, 2.24) is 0 Å². The molecule has 0 aromatic heterocycles. The number of allylic oxidation sites excluding steroid dienone is 1. The Hall–Kier alpha value is -1.12. The van der Waals surface area contributed by atoms with Crippen LogP contribution in [0.3, 0.4) is 0 Å². The summed E-state index contributed by atoms with van der Waals surface area (Å²) in [5.74, 6) is -0.298.